The Bertz CT molecular complexity index is 537. The molecule has 0 saturated heterocycles. The molecule has 0 bridgehead atoms. The molecule has 0 radical (unpaired) electrons. The van der Waals surface area contributed by atoms with Crippen LogP contribution in [0.5, 0.6) is 10.9 Å². The van der Waals surface area contributed by atoms with Gasteiger partial charge in [0.2, 0.25) is 0 Å². The number of hydrogen-bond donors (Lipinski definition) is 0. The van der Waals surface area contributed by atoms with E-state index in [1.807, 2.05) is 6.92 Å². The van der Waals surface area contributed by atoms with E-state index in [4.69, 9.17) is 9.47 Å². The number of carbonyl (C=O) groups is 1. The molecule has 18 heavy (non-hydrogen) atoms. The first-order chi connectivity index (χ1) is 8.69. The van der Waals surface area contributed by atoms with Gasteiger partial charge in [-0.2, -0.15) is 0 Å². The SMILES string of the molecule is CCOC(=O)c1ccc(Oc2nnc(C)s2)cc1. The minimum atomic E-state index is -0.337. The second kappa shape index (κ2) is 5.59. The van der Waals surface area contributed by atoms with Crippen molar-refractivity contribution in [3.8, 4) is 10.9 Å². The predicted octanol–water partition coefficient (Wildman–Crippen LogP) is 2.82. The molecule has 0 saturated carbocycles. The molecule has 0 N–H and O–H groups in total. The molecule has 1 aromatic carbocycles. The van der Waals surface area contributed by atoms with Crippen molar-refractivity contribution in [3.05, 3.63) is 34.8 Å². The second-order valence-corrected chi connectivity index (χ2v) is 4.58. The van der Waals surface area contributed by atoms with Crippen LogP contribution in [0.15, 0.2) is 24.3 Å². The summed E-state index contributed by atoms with van der Waals surface area (Å²) in [4.78, 5) is 11.4. The van der Waals surface area contributed by atoms with E-state index in [9.17, 15) is 4.79 Å². The fourth-order valence-corrected chi connectivity index (χ4v) is 1.85. The Labute approximate surface area is 108 Å². The molecule has 1 heterocycles. The van der Waals surface area contributed by atoms with Crippen molar-refractivity contribution >= 4 is 17.3 Å². The third kappa shape index (κ3) is 3.04. The minimum Gasteiger partial charge on any atom is -0.462 e. The number of nitrogens with zero attached hydrogens (tertiary/aromatic N) is 2. The van der Waals surface area contributed by atoms with Crippen LogP contribution >= 0.6 is 11.3 Å². The molecule has 0 aliphatic carbocycles. The van der Waals surface area contributed by atoms with Gasteiger partial charge in [0.1, 0.15) is 10.8 Å². The Balaban J connectivity index is 2.05. The van der Waals surface area contributed by atoms with Gasteiger partial charge >= 0.3 is 5.97 Å². The van der Waals surface area contributed by atoms with E-state index in [-0.39, 0.29) is 5.97 Å². The molecular formula is C12H12N2O3S. The lowest BCUT2D eigenvalue weighted by Gasteiger charge is -2.03. The van der Waals surface area contributed by atoms with Crippen LogP contribution < -0.4 is 4.74 Å². The zero-order valence-corrected chi connectivity index (χ0v) is 10.9. The monoisotopic (exact) mass is 264 g/mol. The average molecular weight is 264 g/mol. The van der Waals surface area contributed by atoms with Gasteiger partial charge < -0.3 is 9.47 Å². The summed E-state index contributed by atoms with van der Waals surface area (Å²) < 4.78 is 10.4. The van der Waals surface area contributed by atoms with Gasteiger partial charge in [0, 0.05) is 0 Å². The molecule has 0 spiro atoms. The van der Waals surface area contributed by atoms with Gasteiger partial charge in [0.25, 0.3) is 5.19 Å². The van der Waals surface area contributed by atoms with Crippen molar-refractivity contribution in [1.82, 2.24) is 10.2 Å². The summed E-state index contributed by atoms with van der Waals surface area (Å²) >= 11 is 1.37. The normalized spacial score (nSPS) is 10.1. The van der Waals surface area contributed by atoms with E-state index in [1.54, 1.807) is 31.2 Å². The zero-order valence-electron chi connectivity index (χ0n) is 10.0. The highest BCUT2D eigenvalue weighted by molar-refractivity contribution is 7.13. The van der Waals surface area contributed by atoms with E-state index in [1.165, 1.54) is 11.3 Å². The molecule has 6 heteroatoms. The molecule has 0 unspecified atom stereocenters. The van der Waals surface area contributed by atoms with E-state index in [0.29, 0.717) is 23.1 Å². The number of aryl methyl sites for hydroxylation is 1. The summed E-state index contributed by atoms with van der Waals surface area (Å²) in [7, 11) is 0. The van der Waals surface area contributed by atoms with Crippen LogP contribution in [-0.2, 0) is 4.74 Å². The van der Waals surface area contributed by atoms with Crippen molar-refractivity contribution < 1.29 is 14.3 Å². The Morgan fingerprint density at radius 3 is 2.56 bits per heavy atom. The first-order valence-corrected chi connectivity index (χ1v) is 6.26. The summed E-state index contributed by atoms with van der Waals surface area (Å²) in [6.45, 7) is 3.99. The van der Waals surface area contributed by atoms with E-state index >= 15 is 0 Å². The Morgan fingerprint density at radius 1 is 1.28 bits per heavy atom. The topological polar surface area (TPSA) is 61.3 Å². The van der Waals surface area contributed by atoms with Gasteiger partial charge in [0.05, 0.1) is 12.2 Å². The second-order valence-electron chi connectivity index (χ2n) is 3.43. The third-order valence-electron chi connectivity index (χ3n) is 2.08. The quantitative estimate of drug-likeness (QED) is 0.795. The first kappa shape index (κ1) is 12.5. The maximum absolute atomic E-state index is 11.4. The van der Waals surface area contributed by atoms with E-state index in [0.717, 1.165) is 5.01 Å². The highest BCUT2D eigenvalue weighted by Crippen LogP contribution is 2.24. The number of esters is 1. The van der Waals surface area contributed by atoms with E-state index in [2.05, 4.69) is 10.2 Å². The fourth-order valence-electron chi connectivity index (χ4n) is 1.29. The number of hydrogen-bond acceptors (Lipinski definition) is 6. The molecule has 2 aromatic rings. The van der Waals surface area contributed by atoms with E-state index < -0.39 is 0 Å². The van der Waals surface area contributed by atoms with Crippen LogP contribution in [0.25, 0.3) is 0 Å². The Kier molecular flexibility index (Phi) is 3.88. The van der Waals surface area contributed by atoms with Crippen molar-refractivity contribution in [2.24, 2.45) is 0 Å². The van der Waals surface area contributed by atoms with Gasteiger partial charge in [-0.15, -0.1) is 5.10 Å². The standard InChI is InChI=1S/C12H12N2O3S/c1-3-16-11(15)9-4-6-10(7-5-9)17-12-14-13-8(2)18-12/h4-7H,3H2,1-2H3. The van der Waals surface area contributed by atoms with Gasteiger partial charge in [-0.3, -0.25) is 0 Å². The maximum Gasteiger partial charge on any atom is 0.338 e. The molecule has 1 aromatic heterocycles. The molecule has 0 aliphatic rings. The number of carbonyl (C=O) groups excluding carboxylic acids is 1. The van der Waals surface area contributed by atoms with Gasteiger partial charge in [-0.25, -0.2) is 4.79 Å². The molecule has 5 nitrogen and oxygen atoms in total. The summed E-state index contributed by atoms with van der Waals surface area (Å²) in [5, 5.41) is 9.03. The minimum absolute atomic E-state index is 0.337. The molecule has 2 rings (SSSR count). The van der Waals surface area contributed by atoms with Crippen molar-refractivity contribution in [2.75, 3.05) is 6.61 Å². The van der Waals surface area contributed by atoms with Gasteiger partial charge in [-0.1, -0.05) is 16.4 Å². The zero-order chi connectivity index (χ0) is 13.0. The summed E-state index contributed by atoms with van der Waals surface area (Å²) in [6.07, 6.45) is 0. The molecule has 0 amide bonds. The molecule has 0 fully saturated rings. The van der Waals surface area contributed by atoms with Crippen LogP contribution in [0.4, 0.5) is 0 Å². The lowest BCUT2D eigenvalue weighted by atomic mass is 10.2. The van der Waals surface area contributed by atoms with Gasteiger partial charge in [0.15, 0.2) is 0 Å². The lowest BCUT2D eigenvalue weighted by molar-refractivity contribution is 0.0526. The molecule has 0 atom stereocenters. The summed E-state index contributed by atoms with van der Waals surface area (Å²) in [5.74, 6) is 0.273. The number of rotatable bonds is 4. The summed E-state index contributed by atoms with van der Waals surface area (Å²) in [5.41, 5.74) is 0.498. The molecule has 0 aliphatic heterocycles. The Morgan fingerprint density at radius 2 is 2.00 bits per heavy atom. The fraction of sp³-hybridized carbons (Fsp3) is 0.250. The average Bonchev–Trinajstić information content (AvgIpc) is 2.76. The third-order valence-corrected chi connectivity index (χ3v) is 2.79. The van der Waals surface area contributed by atoms with Crippen LogP contribution in [0.3, 0.4) is 0 Å². The lowest BCUT2D eigenvalue weighted by Crippen LogP contribution is -2.03. The summed E-state index contributed by atoms with van der Waals surface area (Å²) in [6, 6.07) is 6.70. The van der Waals surface area contributed by atoms with Crippen LogP contribution in [0, 0.1) is 6.92 Å². The first-order valence-electron chi connectivity index (χ1n) is 5.44. The highest BCUT2D eigenvalue weighted by Gasteiger charge is 2.07. The van der Waals surface area contributed by atoms with Crippen LogP contribution in [-0.4, -0.2) is 22.8 Å². The van der Waals surface area contributed by atoms with Crippen molar-refractivity contribution in [3.63, 3.8) is 0 Å². The number of ether oxygens (including phenoxy) is 2. The number of benzene rings is 1. The highest BCUT2D eigenvalue weighted by atomic mass is 32.1. The number of aromatic nitrogens is 2. The Hall–Kier alpha value is -1.95. The predicted molar refractivity (Wildman–Crippen MR) is 67.1 cm³/mol. The smallest absolute Gasteiger partial charge is 0.338 e. The van der Waals surface area contributed by atoms with Crippen LogP contribution in [0.1, 0.15) is 22.3 Å². The van der Waals surface area contributed by atoms with Crippen LogP contribution in [0.2, 0.25) is 0 Å². The molecule has 94 valence electrons. The van der Waals surface area contributed by atoms with Crippen molar-refractivity contribution in [2.45, 2.75) is 13.8 Å². The van der Waals surface area contributed by atoms with Crippen molar-refractivity contribution in [1.29, 1.82) is 0 Å². The molecular weight excluding hydrogens is 252 g/mol. The van der Waals surface area contributed by atoms with Gasteiger partial charge in [-0.05, 0) is 38.1 Å². The largest absolute Gasteiger partial charge is 0.462 e. The maximum atomic E-state index is 11.4.